The van der Waals surface area contributed by atoms with Gasteiger partial charge in [0.15, 0.2) is 0 Å². The van der Waals surface area contributed by atoms with Crippen LogP contribution in [0.15, 0.2) is 24.3 Å². The van der Waals surface area contributed by atoms with E-state index in [0.29, 0.717) is 5.56 Å². The van der Waals surface area contributed by atoms with E-state index in [4.69, 9.17) is 0 Å². The van der Waals surface area contributed by atoms with E-state index in [-0.39, 0.29) is 24.8 Å². The normalized spacial score (nSPS) is 9.89. The summed E-state index contributed by atoms with van der Waals surface area (Å²) >= 11 is 1.71. The molecule has 0 heterocycles. The summed E-state index contributed by atoms with van der Waals surface area (Å²) in [5.74, 6) is 0.386. The van der Waals surface area contributed by atoms with Crippen molar-refractivity contribution in [1.29, 1.82) is 0 Å². The van der Waals surface area contributed by atoms with E-state index in [1.54, 1.807) is 17.8 Å². The van der Waals surface area contributed by atoms with Gasteiger partial charge >= 0.3 is 5.97 Å². The monoisotopic (exact) mass is 267 g/mol. The minimum absolute atomic E-state index is 0.165. The number of hydrogen-bond acceptors (Lipinski definition) is 4. The van der Waals surface area contributed by atoms with Crippen LogP contribution in [0.5, 0.6) is 0 Å². The first-order valence-electron chi connectivity index (χ1n) is 5.60. The molecule has 0 aliphatic heterocycles. The van der Waals surface area contributed by atoms with Crippen LogP contribution in [0.4, 0.5) is 0 Å². The number of nitrogens with one attached hydrogen (secondary N) is 1. The molecule has 0 saturated heterocycles. The van der Waals surface area contributed by atoms with Crippen LogP contribution in [0.1, 0.15) is 22.3 Å². The fourth-order valence-corrected chi connectivity index (χ4v) is 1.96. The van der Waals surface area contributed by atoms with Crippen molar-refractivity contribution in [2.45, 2.75) is 12.2 Å². The number of thioether (sulfide) groups is 1. The Morgan fingerprint density at radius 1 is 1.39 bits per heavy atom. The average Bonchev–Trinajstić information content (AvgIpc) is 2.39. The van der Waals surface area contributed by atoms with Crippen LogP contribution in [-0.4, -0.2) is 31.8 Å². The summed E-state index contributed by atoms with van der Waals surface area (Å²) < 4.78 is 4.50. The smallest absolute Gasteiger partial charge is 0.307 e. The number of benzene rings is 1. The number of hydrogen-bond donors (Lipinski definition) is 1. The van der Waals surface area contributed by atoms with Crippen molar-refractivity contribution in [1.82, 2.24) is 5.32 Å². The first-order valence-corrected chi connectivity index (χ1v) is 6.99. The third-order valence-corrected chi connectivity index (χ3v) is 2.96. The molecule has 4 nitrogen and oxygen atoms in total. The Kier molecular flexibility index (Phi) is 6.28. The second kappa shape index (κ2) is 7.76. The van der Waals surface area contributed by atoms with Gasteiger partial charge in [0.1, 0.15) is 0 Å². The zero-order valence-electron chi connectivity index (χ0n) is 10.6. The predicted octanol–water partition coefficient (Wildman–Crippen LogP) is 1.84. The van der Waals surface area contributed by atoms with Gasteiger partial charge in [-0.2, -0.15) is 11.8 Å². The summed E-state index contributed by atoms with van der Waals surface area (Å²) in [5, 5.41) is 2.69. The molecule has 5 heteroatoms. The highest BCUT2D eigenvalue weighted by atomic mass is 32.2. The molecule has 0 atom stereocenters. The number of esters is 1. The molecule has 0 aromatic heterocycles. The molecule has 0 aliphatic carbocycles. The lowest BCUT2D eigenvalue weighted by Crippen LogP contribution is -2.26. The molecule has 18 heavy (non-hydrogen) atoms. The van der Waals surface area contributed by atoms with E-state index < -0.39 is 0 Å². The molecule has 1 N–H and O–H groups in total. The Bertz CT molecular complexity index is 420. The van der Waals surface area contributed by atoms with Crippen molar-refractivity contribution in [2.75, 3.05) is 19.9 Å². The van der Waals surface area contributed by atoms with Crippen LogP contribution in [0, 0.1) is 0 Å². The SMILES string of the molecule is COC(=O)CCNC(=O)c1cccc(CSC)c1. The van der Waals surface area contributed by atoms with E-state index >= 15 is 0 Å². The number of carbonyl (C=O) groups is 2. The van der Waals surface area contributed by atoms with Crippen LogP contribution >= 0.6 is 11.8 Å². The van der Waals surface area contributed by atoms with Gasteiger partial charge in [0, 0.05) is 17.9 Å². The van der Waals surface area contributed by atoms with Crippen molar-refractivity contribution in [3.8, 4) is 0 Å². The molecule has 0 spiro atoms. The molecule has 0 saturated carbocycles. The van der Waals surface area contributed by atoms with Crippen LogP contribution in [0.3, 0.4) is 0 Å². The van der Waals surface area contributed by atoms with Crippen molar-refractivity contribution in [2.24, 2.45) is 0 Å². The Labute approximate surface area is 111 Å². The maximum atomic E-state index is 11.8. The van der Waals surface area contributed by atoms with E-state index in [0.717, 1.165) is 11.3 Å². The van der Waals surface area contributed by atoms with E-state index in [1.807, 2.05) is 24.5 Å². The lowest BCUT2D eigenvalue weighted by molar-refractivity contribution is -0.140. The van der Waals surface area contributed by atoms with Gasteiger partial charge in [-0.05, 0) is 24.0 Å². The fourth-order valence-electron chi connectivity index (χ4n) is 1.45. The molecule has 0 bridgehead atoms. The van der Waals surface area contributed by atoms with Gasteiger partial charge in [-0.1, -0.05) is 12.1 Å². The molecular weight excluding hydrogens is 250 g/mol. The third kappa shape index (κ3) is 4.79. The van der Waals surface area contributed by atoms with Gasteiger partial charge in [0.25, 0.3) is 5.91 Å². The lowest BCUT2D eigenvalue weighted by atomic mass is 10.1. The van der Waals surface area contributed by atoms with Crippen LogP contribution in [0.25, 0.3) is 0 Å². The highest BCUT2D eigenvalue weighted by Crippen LogP contribution is 2.11. The standard InChI is InChI=1S/C13H17NO3S/c1-17-12(15)6-7-14-13(16)11-5-3-4-10(8-11)9-18-2/h3-5,8H,6-7,9H2,1-2H3,(H,14,16). The van der Waals surface area contributed by atoms with Gasteiger partial charge in [0.2, 0.25) is 0 Å². The lowest BCUT2D eigenvalue weighted by Gasteiger charge is -2.06. The zero-order valence-corrected chi connectivity index (χ0v) is 11.4. The molecule has 1 amide bonds. The molecule has 1 rings (SSSR count). The van der Waals surface area contributed by atoms with Crippen molar-refractivity contribution in [3.63, 3.8) is 0 Å². The van der Waals surface area contributed by atoms with Gasteiger partial charge in [0.05, 0.1) is 13.5 Å². The summed E-state index contributed by atoms with van der Waals surface area (Å²) in [7, 11) is 1.33. The maximum absolute atomic E-state index is 11.8. The highest BCUT2D eigenvalue weighted by molar-refractivity contribution is 7.97. The molecule has 1 aromatic rings. The van der Waals surface area contributed by atoms with Crippen LogP contribution in [-0.2, 0) is 15.3 Å². The summed E-state index contributed by atoms with van der Waals surface area (Å²) in [6.45, 7) is 0.290. The minimum Gasteiger partial charge on any atom is -0.469 e. The third-order valence-electron chi connectivity index (χ3n) is 2.34. The Hall–Kier alpha value is -1.49. The summed E-state index contributed by atoms with van der Waals surface area (Å²) in [4.78, 5) is 22.7. The quantitative estimate of drug-likeness (QED) is 0.799. The minimum atomic E-state index is -0.327. The molecule has 0 aliphatic rings. The average molecular weight is 267 g/mol. The predicted molar refractivity (Wildman–Crippen MR) is 72.6 cm³/mol. The Morgan fingerprint density at radius 2 is 2.17 bits per heavy atom. The molecule has 0 unspecified atom stereocenters. The van der Waals surface area contributed by atoms with E-state index in [2.05, 4.69) is 10.1 Å². The van der Waals surface area contributed by atoms with Crippen LogP contribution < -0.4 is 5.32 Å². The largest absolute Gasteiger partial charge is 0.469 e. The summed E-state index contributed by atoms with van der Waals surface area (Å²) in [5.41, 5.74) is 1.73. The van der Waals surface area contributed by atoms with Gasteiger partial charge < -0.3 is 10.1 Å². The van der Waals surface area contributed by atoms with E-state index in [9.17, 15) is 9.59 Å². The van der Waals surface area contributed by atoms with Crippen molar-refractivity contribution < 1.29 is 14.3 Å². The fraction of sp³-hybridized carbons (Fsp3) is 0.385. The highest BCUT2D eigenvalue weighted by Gasteiger charge is 2.07. The number of methoxy groups -OCH3 is 1. The van der Waals surface area contributed by atoms with Gasteiger partial charge in [-0.25, -0.2) is 0 Å². The second-order valence-corrected chi connectivity index (χ2v) is 4.58. The maximum Gasteiger partial charge on any atom is 0.307 e. The second-order valence-electron chi connectivity index (χ2n) is 3.72. The van der Waals surface area contributed by atoms with Crippen molar-refractivity contribution >= 4 is 23.6 Å². The van der Waals surface area contributed by atoms with Crippen molar-refractivity contribution in [3.05, 3.63) is 35.4 Å². The van der Waals surface area contributed by atoms with Gasteiger partial charge in [-0.3, -0.25) is 9.59 Å². The van der Waals surface area contributed by atoms with Crippen LogP contribution in [0.2, 0.25) is 0 Å². The summed E-state index contributed by atoms with van der Waals surface area (Å²) in [6.07, 6.45) is 2.20. The van der Waals surface area contributed by atoms with Gasteiger partial charge in [-0.15, -0.1) is 0 Å². The number of rotatable bonds is 6. The topological polar surface area (TPSA) is 55.4 Å². The number of amides is 1. The Balaban J connectivity index is 2.50. The molecular formula is C13H17NO3S. The molecule has 0 radical (unpaired) electrons. The summed E-state index contributed by atoms with van der Waals surface area (Å²) in [6, 6.07) is 7.48. The number of carbonyl (C=O) groups excluding carboxylic acids is 2. The molecule has 0 fully saturated rings. The number of ether oxygens (including phenoxy) is 1. The first kappa shape index (κ1) is 14.6. The van der Waals surface area contributed by atoms with E-state index in [1.165, 1.54) is 7.11 Å². The Morgan fingerprint density at radius 3 is 2.83 bits per heavy atom. The first-order chi connectivity index (χ1) is 8.67. The molecule has 98 valence electrons. The molecule has 1 aromatic carbocycles. The zero-order chi connectivity index (χ0) is 13.4.